The molecular formula is C25H28ClN3O4. The molecule has 1 aliphatic carbocycles. The molecule has 0 spiro atoms. The van der Waals surface area contributed by atoms with Crippen molar-refractivity contribution >= 4 is 35.0 Å². The summed E-state index contributed by atoms with van der Waals surface area (Å²) in [6, 6.07) is 15.0. The Balaban J connectivity index is 1.35. The fourth-order valence-corrected chi connectivity index (χ4v) is 4.04. The lowest BCUT2D eigenvalue weighted by molar-refractivity contribution is -0.143. The number of carbonyl (C=O) groups is 3. The molecule has 0 N–H and O–H groups in total. The molecule has 2 aliphatic rings. The van der Waals surface area contributed by atoms with E-state index >= 15 is 0 Å². The van der Waals surface area contributed by atoms with Crippen molar-refractivity contribution in [3.8, 4) is 0 Å². The van der Waals surface area contributed by atoms with Gasteiger partial charge < -0.3 is 14.5 Å². The third-order valence-corrected chi connectivity index (χ3v) is 6.42. The summed E-state index contributed by atoms with van der Waals surface area (Å²) in [5.41, 5.74) is 2.48. The molecule has 0 bridgehead atoms. The van der Waals surface area contributed by atoms with Crippen molar-refractivity contribution in [2.75, 3.05) is 37.8 Å². The van der Waals surface area contributed by atoms with E-state index in [4.69, 9.17) is 16.3 Å². The first-order chi connectivity index (χ1) is 15.9. The summed E-state index contributed by atoms with van der Waals surface area (Å²) in [5, 5.41) is 0.571. The van der Waals surface area contributed by atoms with Crippen LogP contribution in [0.5, 0.6) is 0 Å². The van der Waals surface area contributed by atoms with Gasteiger partial charge in [-0.25, -0.2) is 0 Å². The molecule has 7 nitrogen and oxygen atoms in total. The molecule has 0 radical (unpaired) electrons. The molecule has 1 saturated heterocycles. The van der Waals surface area contributed by atoms with Gasteiger partial charge in [0, 0.05) is 17.3 Å². The monoisotopic (exact) mass is 469 g/mol. The smallest absolute Gasteiger partial charge is 0.249 e. The normalized spacial score (nSPS) is 15.8. The SMILES string of the molecule is Cc1c(Cl)cccc1N1CN(C(=O)CN(CC2CC2)C(=O)COCc2ccccc2)CC1=O. The fraction of sp³-hybridized carbons (Fsp3) is 0.400. The Labute approximate surface area is 198 Å². The number of amides is 3. The number of benzene rings is 2. The second-order valence-electron chi connectivity index (χ2n) is 8.63. The van der Waals surface area contributed by atoms with E-state index in [-0.39, 0.29) is 44.1 Å². The summed E-state index contributed by atoms with van der Waals surface area (Å²) >= 11 is 6.20. The maximum Gasteiger partial charge on any atom is 0.249 e. The lowest BCUT2D eigenvalue weighted by atomic mass is 10.2. The molecule has 1 saturated carbocycles. The average molecular weight is 470 g/mol. The quantitative estimate of drug-likeness (QED) is 0.565. The van der Waals surface area contributed by atoms with Crippen LogP contribution >= 0.6 is 11.6 Å². The van der Waals surface area contributed by atoms with E-state index < -0.39 is 0 Å². The van der Waals surface area contributed by atoms with Gasteiger partial charge in [-0.3, -0.25) is 19.3 Å². The second kappa shape index (κ2) is 10.4. The number of halogens is 1. The van der Waals surface area contributed by atoms with E-state index in [1.54, 1.807) is 21.9 Å². The third-order valence-electron chi connectivity index (χ3n) is 6.01. The predicted molar refractivity (Wildman–Crippen MR) is 126 cm³/mol. The maximum absolute atomic E-state index is 13.0. The minimum atomic E-state index is -0.248. The number of rotatable bonds is 9. The van der Waals surface area contributed by atoms with Crippen LogP contribution in [-0.4, -0.2) is 60.4 Å². The first-order valence-electron chi connectivity index (χ1n) is 11.1. The molecule has 33 heavy (non-hydrogen) atoms. The largest absolute Gasteiger partial charge is 0.367 e. The molecule has 1 aliphatic heterocycles. The van der Waals surface area contributed by atoms with E-state index in [1.807, 2.05) is 43.3 Å². The predicted octanol–water partition coefficient (Wildman–Crippen LogP) is 3.24. The highest BCUT2D eigenvalue weighted by atomic mass is 35.5. The molecule has 2 aromatic carbocycles. The van der Waals surface area contributed by atoms with Crippen molar-refractivity contribution in [1.82, 2.24) is 9.80 Å². The highest BCUT2D eigenvalue weighted by Crippen LogP contribution is 2.30. The molecule has 0 atom stereocenters. The van der Waals surface area contributed by atoms with Gasteiger partial charge in [-0.15, -0.1) is 0 Å². The first-order valence-corrected chi connectivity index (χ1v) is 11.5. The summed E-state index contributed by atoms with van der Waals surface area (Å²) in [6.07, 6.45) is 2.12. The van der Waals surface area contributed by atoms with Crippen molar-refractivity contribution in [2.24, 2.45) is 5.92 Å². The van der Waals surface area contributed by atoms with Crippen molar-refractivity contribution in [1.29, 1.82) is 0 Å². The number of carbonyl (C=O) groups excluding carboxylic acids is 3. The zero-order valence-corrected chi connectivity index (χ0v) is 19.5. The van der Waals surface area contributed by atoms with Crippen LogP contribution in [0.3, 0.4) is 0 Å². The van der Waals surface area contributed by atoms with E-state index in [0.717, 1.165) is 24.0 Å². The Kier molecular flexibility index (Phi) is 7.30. The van der Waals surface area contributed by atoms with Crippen LogP contribution in [-0.2, 0) is 25.7 Å². The van der Waals surface area contributed by atoms with E-state index in [0.29, 0.717) is 29.8 Å². The summed E-state index contributed by atoms with van der Waals surface area (Å²) in [5.74, 6) is -0.191. The van der Waals surface area contributed by atoms with E-state index in [9.17, 15) is 14.4 Å². The summed E-state index contributed by atoms with van der Waals surface area (Å²) in [7, 11) is 0. The Morgan fingerprint density at radius 2 is 1.88 bits per heavy atom. The minimum absolute atomic E-state index is 0.0131. The molecule has 2 fully saturated rings. The number of hydrogen-bond acceptors (Lipinski definition) is 4. The molecule has 8 heteroatoms. The Morgan fingerprint density at radius 3 is 2.61 bits per heavy atom. The van der Waals surface area contributed by atoms with Gasteiger partial charge in [0.1, 0.15) is 19.8 Å². The van der Waals surface area contributed by atoms with Crippen molar-refractivity contribution in [2.45, 2.75) is 26.4 Å². The van der Waals surface area contributed by atoms with Crippen LogP contribution in [0.2, 0.25) is 5.02 Å². The summed E-state index contributed by atoms with van der Waals surface area (Å²) < 4.78 is 5.60. The van der Waals surface area contributed by atoms with Crippen molar-refractivity contribution < 1.29 is 19.1 Å². The zero-order chi connectivity index (χ0) is 23.4. The van der Waals surface area contributed by atoms with Crippen LogP contribution in [0, 0.1) is 12.8 Å². The molecule has 0 unspecified atom stereocenters. The molecule has 3 amide bonds. The highest BCUT2D eigenvalue weighted by molar-refractivity contribution is 6.31. The van der Waals surface area contributed by atoms with Gasteiger partial charge in [-0.05, 0) is 48.9 Å². The summed E-state index contributed by atoms with van der Waals surface area (Å²) in [4.78, 5) is 43.1. The number of anilines is 1. The molecule has 174 valence electrons. The zero-order valence-electron chi connectivity index (χ0n) is 18.7. The molecule has 1 heterocycles. The van der Waals surface area contributed by atoms with Gasteiger partial charge in [0.25, 0.3) is 0 Å². The maximum atomic E-state index is 13.0. The van der Waals surface area contributed by atoms with Gasteiger partial charge in [-0.1, -0.05) is 48.0 Å². The van der Waals surface area contributed by atoms with E-state index in [1.165, 1.54) is 4.90 Å². The van der Waals surface area contributed by atoms with Crippen LogP contribution in [0.4, 0.5) is 5.69 Å². The van der Waals surface area contributed by atoms with Crippen LogP contribution in [0.1, 0.15) is 24.0 Å². The standard InChI is InChI=1S/C25H28ClN3O4/c1-18-21(26)8-5-9-22(18)29-17-28(14-24(29)31)23(30)13-27(12-19-10-11-19)25(32)16-33-15-20-6-3-2-4-7-20/h2-9,19H,10-17H2,1H3. The second-order valence-corrected chi connectivity index (χ2v) is 9.04. The molecule has 4 rings (SSSR count). The van der Waals surface area contributed by atoms with Crippen LogP contribution in [0.15, 0.2) is 48.5 Å². The minimum Gasteiger partial charge on any atom is -0.367 e. The number of ether oxygens (including phenoxy) is 1. The van der Waals surface area contributed by atoms with Crippen molar-refractivity contribution in [3.63, 3.8) is 0 Å². The van der Waals surface area contributed by atoms with Gasteiger partial charge in [0.15, 0.2) is 0 Å². The lowest BCUT2D eigenvalue weighted by Crippen LogP contribution is -2.44. The van der Waals surface area contributed by atoms with Crippen LogP contribution < -0.4 is 4.90 Å². The first kappa shape index (κ1) is 23.3. The fourth-order valence-electron chi connectivity index (χ4n) is 3.87. The number of hydrogen-bond donors (Lipinski definition) is 0. The van der Waals surface area contributed by atoms with Gasteiger partial charge in [-0.2, -0.15) is 0 Å². The summed E-state index contributed by atoms with van der Waals surface area (Å²) in [6.45, 7) is 2.72. The van der Waals surface area contributed by atoms with Gasteiger partial charge in [0.2, 0.25) is 17.7 Å². The van der Waals surface area contributed by atoms with E-state index in [2.05, 4.69) is 0 Å². The van der Waals surface area contributed by atoms with Gasteiger partial charge >= 0.3 is 0 Å². The Morgan fingerprint density at radius 1 is 1.12 bits per heavy atom. The van der Waals surface area contributed by atoms with Crippen molar-refractivity contribution in [3.05, 3.63) is 64.7 Å². The lowest BCUT2D eigenvalue weighted by Gasteiger charge is -2.25. The molecular weight excluding hydrogens is 442 g/mol. The Hall–Kier alpha value is -2.90. The molecule has 0 aromatic heterocycles. The highest BCUT2D eigenvalue weighted by Gasteiger charge is 2.35. The van der Waals surface area contributed by atoms with Crippen LogP contribution in [0.25, 0.3) is 0 Å². The molecule has 2 aromatic rings. The average Bonchev–Trinajstić information content (AvgIpc) is 3.54. The number of nitrogens with zero attached hydrogens (tertiary/aromatic N) is 3. The Bertz CT molecular complexity index is 1030. The van der Waals surface area contributed by atoms with Gasteiger partial charge in [0.05, 0.1) is 13.2 Å². The third kappa shape index (κ3) is 5.92. The topological polar surface area (TPSA) is 70.2 Å².